The zero-order valence-electron chi connectivity index (χ0n) is 7.98. The van der Waals surface area contributed by atoms with Gasteiger partial charge >= 0.3 is 0 Å². The molecule has 1 aliphatic rings. The predicted molar refractivity (Wildman–Crippen MR) is 49.1 cm³/mol. The van der Waals surface area contributed by atoms with Crippen molar-refractivity contribution in [3.05, 3.63) is 6.54 Å². The molecule has 0 aromatic carbocycles. The number of rotatable bonds is 1. The van der Waals surface area contributed by atoms with Crippen LogP contribution in [0.5, 0.6) is 0 Å². The first-order valence-corrected chi connectivity index (χ1v) is 4.63. The number of nitrogens with one attached hydrogen (secondary N) is 1. The fraction of sp³-hybridized carbons (Fsp3) is 0.900. The molecular formula is C10H20N. The highest BCUT2D eigenvalue weighted by atomic mass is 14.9. The summed E-state index contributed by atoms with van der Waals surface area (Å²) in [5.41, 5.74) is 0.504. The molecule has 1 heterocycles. The summed E-state index contributed by atoms with van der Waals surface area (Å²) in [6.07, 6.45) is 3.98. The van der Waals surface area contributed by atoms with E-state index >= 15 is 0 Å². The first kappa shape index (κ1) is 9.05. The van der Waals surface area contributed by atoms with Crippen molar-refractivity contribution in [2.24, 2.45) is 11.3 Å². The maximum absolute atomic E-state index is 3.33. The van der Waals surface area contributed by atoms with E-state index in [1.165, 1.54) is 25.8 Å². The number of hydrogen-bond donors (Lipinski definition) is 1. The second kappa shape index (κ2) is 3.57. The zero-order valence-corrected chi connectivity index (χ0v) is 7.98. The molecule has 1 saturated heterocycles. The van der Waals surface area contributed by atoms with E-state index in [0.717, 1.165) is 5.92 Å². The van der Waals surface area contributed by atoms with Crippen LogP contribution in [0, 0.1) is 17.9 Å². The van der Waals surface area contributed by atoms with Crippen molar-refractivity contribution in [3.8, 4) is 0 Å². The molecule has 1 aliphatic heterocycles. The molecular weight excluding hydrogens is 134 g/mol. The maximum Gasteiger partial charge on any atom is 0.0221 e. The van der Waals surface area contributed by atoms with Crippen LogP contribution in [0.3, 0.4) is 0 Å². The van der Waals surface area contributed by atoms with Gasteiger partial charge in [-0.3, -0.25) is 0 Å². The summed E-state index contributed by atoms with van der Waals surface area (Å²) >= 11 is 0. The van der Waals surface area contributed by atoms with Gasteiger partial charge in [-0.1, -0.05) is 20.8 Å². The molecule has 1 radical (unpaired) electrons. The molecule has 0 bridgehead atoms. The van der Waals surface area contributed by atoms with Crippen molar-refractivity contribution in [2.75, 3.05) is 6.54 Å². The lowest BCUT2D eigenvalue weighted by Gasteiger charge is -2.29. The van der Waals surface area contributed by atoms with Gasteiger partial charge in [-0.2, -0.15) is 0 Å². The van der Waals surface area contributed by atoms with Gasteiger partial charge in [0.2, 0.25) is 0 Å². The third kappa shape index (κ3) is 3.76. The van der Waals surface area contributed by atoms with Gasteiger partial charge in [-0.15, -0.1) is 0 Å². The highest BCUT2D eigenvalue weighted by molar-refractivity contribution is 4.79. The van der Waals surface area contributed by atoms with Crippen LogP contribution >= 0.6 is 0 Å². The Labute approximate surface area is 70.6 Å². The van der Waals surface area contributed by atoms with Gasteiger partial charge < -0.3 is 5.32 Å². The second-order valence-corrected chi connectivity index (χ2v) is 4.82. The minimum Gasteiger partial charge on any atom is -0.312 e. The molecule has 0 amide bonds. The van der Waals surface area contributed by atoms with Crippen molar-refractivity contribution in [1.29, 1.82) is 0 Å². The van der Waals surface area contributed by atoms with E-state index in [1.807, 2.05) is 0 Å². The Balaban J connectivity index is 2.24. The van der Waals surface area contributed by atoms with E-state index in [2.05, 4.69) is 32.6 Å². The molecule has 1 rings (SSSR count). The molecule has 1 heteroatoms. The number of piperidine rings is 1. The van der Waals surface area contributed by atoms with E-state index in [4.69, 9.17) is 0 Å². The predicted octanol–water partition coefficient (Wildman–Crippen LogP) is 2.58. The fourth-order valence-corrected chi connectivity index (χ4v) is 1.81. The Hall–Kier alpha value is -0.0400. The zero-order chi connectivity index (χ0) is 8.32. The molecule has 0 spiro atoms. The average Bonchev–Trinajstić information content (AvgIpc) is 1.85. The van der Waals surface area contributed by atoms with Crippen molar-refractivity contribution < 1.29 is 0 Å². The van der Waals surface area contributed by atoms with Crippen LogP contribution < -0.4 is 5.32 Å². The maximum atomic E-state index is 3.33. The Bertz CT molecular complexity index is 107. The van der Waals surface area contributed by atoms with E-state index in [-0.39, 0.29) is 0 Å². The van der Waals surface area contributed by atoms with Gasteiger partial charge in [-0.25, -0.2) is 0 Å². The minimum atomic E-state index is 0.504. The third-order valence-electron chi connectivity index (χ3n) is 2.17. The highest BCUT2D eigenvalue weighted by Crippen LogP contribution is 2.28. The van der Waals surface area contributed by atoms with Gasteiger partial charge in [0.15, 0.2) is 0 Å². The summed E-state index contributed by atoms with van der Waals surface area (Å²) in [5, 5.41) is 3.33. The Morgan fingerprint density at radius 3 is 2.64 bits per heavy atom. The molecule has 0 aliphatic carbocycles. The lowest BCUT2D eigenvalue weighted by molar-refractivity contribution is 0.262. The molecule has 1 fully saturated rings. The van der Waals surface area contributed by atoms with E-state index < -0.39 is 0 Å². The average molecular weight is 154 g/mol. The fourth-order valence-electron chi connectivity index (χ4n) is 1.81. The summed E-state index contributed by atoms with van der Waals surface area (Å²) in [5.74, 6) is 0.903. The van der Waals surface area contributed by atoms with Gasteiger partial charge in [0.1, 0.15) is 0 Å². The van der Waals surface area contributed by atoms with Crippen molar-refractivity contribution in [3.63, 3.8) is 0 Å². The standard InChI is InChI=1S/C10H20N/c1-10(2,3)7-9-5-4-6-11-8-9/h6,9,11H,4-5,7-8H2,1-3H3. The number of hydrogen-bond acceptors (Lipinski definition) is 1. The van der Waals surface area contributed by atoms with Gasteiger partial charge in [0.25, 0.3) is 0 Å². The Morgan fingerprint density at radius 1 is 1.45 bits per heavy atom. The Morgan fingerprint density at radius 2 is 2.18 bits per heavy atom. The van der Waals surface area contributed by atoms with Crippen LogP contribution in [-0.4, -0.2) is 6.54 Å². The van der Waals surface area contributed by atoms with Crippen LogP contribution in [-0.2, 0) is 0 Å². The van der Waals surface area contributed by atoms with Crippen LogP contribution in [0.1, 0.15) is 40.0 Å². The van der Waals surface area contributed by atoms with Crippen LogP contribution in [0.25, 0.3) is 0 Å². The summed E-state index contributed by atoms with van der Waals surface area (Å²) in [6, 6.07) is 0. The van der Waals surface area contributed by atoms with E-state index in [1.54, 1.807) is 0 Å². The molecule has 0 aromatic rings. The molecule has 1 nitrogen and oxygen atoms in total. The summed E-state index contributed by atoms with van der Waals surface area (Å²) in [7, 11) is 0. The molecule has 1 unspecified atom stereocenters. The largest absolute Gasteiger partial charge is 0.312 e. The quantitative estimate of drug-likeness (QED) is 0.612. The van der Waals surface area contributed by atoms with Crippen molar-refractivity contribution in [2.45, 2.75) is 40.0 Å². The van der Waals surface area contributed by atoms with E-state index in [0.29, 0.717) is 5.41 Å². The first-order chi connectivity index (χ1) is 5.08. The highest BCUT2D eigenvalue weighted by Gasteiger charge is 2.20. The topological polar surface area (TPSA) is 12.0 Å². The van der Waals surface area contributed by atoms with Crippen LogP contribution in [0.15, 0.2) is 0 Å². The minimum absolute atomic E-state index is 0.504. The van der Waals surface area contributed by atoms with Gasteiger partial charge in [-0.05, 0) is 37.1 Å². The summed E-state index contributed by atoms with van der Waals surface area (Å²) in [4.78, 5) is 0. The monoisotopic (exact) mass is 154 g/mol. The van der Waals surface area contributed by atoms with Gasteiger partial charge in [0, 0.05) is 6.54 Å². The lowest BCUT2D eigenvalue weighted by Crippen LogP contribution is -2.29. The second-order valence-electron chi connectivity index (χ2n) is 4.82. The van der Waals surface area contributed by atoms with Crippen molar-refractivity contribution >= 4 is 0 Å². The summed E-state index contributed by atoms with van der Waals surface area (Å²) < 4.78 is 0. The van der Waals surface area contributed by atoms with Crippen LogP contribution in [0.4, 0.5) is 0 Å². The SMILES string of the molecule is CC(C)(C)CC1CC[CH]NC1. The molecule has 65 valence electrons. The molecule has 0 saturated carbocycles. The molecule has 0 aromatic heterocycles. The van der Waals surface area contributed by atoms with E-state index in [9.17, 15) is 0 Å². The van der Waals surface area contributed by atoms with Crippen LogP contribution in [0.2, 0.25) is 0 Å². The molecule has 1 N–H and O–H groups in total. The Kier molecular flexibility index (Phi) is 2.94. The normalized spacial score (nSPS) is 27.0. The molecule has 1 atom stereocenters. The smallest absolute Gasteiger partial charge is 0.0221 e. The van der Waals surface area contributed by atoms with Crippen molar-refractivity contribution in [1.82, 2.24) is 5.32 Å². The lowest BCUT2D eigenvalue weighted by atomic mass is 9.82. The summed E-state index contributed by atoms with van der Waals surface area (Å²) in [6.45, 7) is 10.4. The first-order valence-electron chi connectivity index (χ1n) is 4.63. The van der Waals surface area contributed by atoms with Gasteiger partial charge in [0.05, 0.1) is 0 Å². The molecule has 11 heavy (non-hydrogen) atoms. The third-order valence-corrected chi connectivity index (χ3v) is 2.17.